The zero-order chi connectivity index (χ0) is 17.0. The summed E-state index contributed by atoms with van der Waals surface area (Å²) >= 11 is 5.88. The summed E-state index contributed by atoms with van der Waals surface area (Å²) in [5.74, 6) is 0.416. The second kappa shape index (κ2) is 5.45. The molecule has 0 amide bonds. The molecule has 1 aromatic rings. The van der Waals surface area contributed by atoms with Crippen LogP contribution in [0.1, 0.15) is 20.3 Å². The molecule has 1 heterocycles. The van der Waals surface area contributed by atoms with E-state index in [9.17, 15) is 8.42 Å². The summed E-state index contributed by atoms with van der Waals surface area (Å²) in [6.07, 6.45) is 1.08. The summed E-state index contributed by atoms with van der Waals surface area (Å²) < 4.78 is 27.6. The van der Waals surface area contributed by atoms with Crippen molar-refractivity contribution in [2.45, 2.75) is 25.2 Å². The summed E-state index contributed by atoms with van der Waals surface area (Å²) in [5, 5.41) is 0.552. The van der Waals surface area contributed by atoms with Gasteiger partial charge in [-0.15, -0.1) is 0 Å². The highest BCUT2D eigenvalue weighted by Gasteiger charge is 2.64. The maximum absolute atomic E-state index is 13.0. The van der Waals surface area contributed by atoms with E-state index in [4.69, 9.17) is 11.6 Å². The molecular formula is C17H25ClN2O2S. The van der Waals surface area contributed by atoms with Crippen molar-refractivity contribution in [3.05, 3.63) is 29.3 Å². The quantitative estimate of drug-likeness (QED) is 0.832. The van der Waals surface area contributed by atoms with Crippen LogP contribution in [0.15, 0.2) is 29.2 Å². The molecule has 0 spiro atoms. The van der Waals surface area contributed by atoms with Crippen LogP contribution in [0.3, 0.4) is 0 Å². The Morgan fingerprint density at radius 3 is 2.39 bits per heavy atom. The highest BCUT2D eigenvalue weighted by Crippen LogP contribution is 2.63. The SMILES string of the molecule is CN(C)C[C@@]12CN(S(=O)(=O)c3ccc(Cl)cc3)C[C@@H]1C(C)(C)C2. The van der Waals surface area contributed by atoms with Crippen LogP contribution in [0.4, 0.5) is 0 Å². The van der Waals surface area contributed by atoms with E-state index >= 15 is 0 Å². The van der Waals surface area contributed by atoms with E-state index in [1.54, 1.807) is 28.6 Å². The van der Waals surface area contributed by atoms with Gasteiger partial charge in [0.1, 0.15) is 0 Å². The van der Waals surface area contributed by atoms with Gasteiger partial charge in [0, 0.05) is 30.1 Å². The molecule has 0 N–H and O–H groups in total. The van der Waals surface area contributed by atoms with E-state index in [2.05, 4.69) is 32.8 Å². The summed E-state index contributed by atoms with van der Waals surface area (Å²) in [5.41, 5.74) is 0.298. The smallest absolute Gasteiger partial charge is 0.243 e. The normalized spacial score (nSPS) is 30.3. The first kappa shape index (κ1) is 17.2. The van der Waals surface area contributed by atoms with Gasteiger partial charge in [0.15, 0.2) is 0 Å². The molecule has 0 bridgehead atoms. The van der Waals surface area contributed by atoms with Crippen molar-refractivity contribution in [3.8, 4) is 0 Å². The number of sulfonamides is 1. The minimum Gasteiger partial charge on any atom is -0.309 e. The molecule has 6 heteroatoms. The minimum atomic E-state index is -3.45. The first-order chi connectivity index (χ1) is 10.6. The van der Waals surface area contributed by atoms with Crippen LogP contribution in [-0.4, -0.2) is 51.4 Å². The molecule has 1 aliphatic heterocycles. The Morgan fingerprint density at radius 2 is 1.87 bits per heavy atom. The minimum absolute atomic E-state index is 0.0898. The summed E-state index contributed by atoms with van der Waals surface area (Å²) in [4.78, 5) is 2.52. The van der Waals surface area contributed by atoms with Crippen molar-refractivity contribution in [2.24, 2.45) is 16.7 Å². The van der Waals surface area contributed by atoms with Crippen LogP contribution in [-0.2, 0) is 10.0 Å². The highest BCUT2D eigenvalue weighted by atomic mass is 35.5. The molecule has 2 aliphatic rings. The number of fused-ring (bicyclic) bond motifs is 1. The third kappa shape index (κ3) is 2.82. The first-order valence-corrected chi connectivity index (χ1v) is 9.79. The molecule has 0 radical (unpaired) electrons. The van der Waals surface area contributed by atoms with Crippen LogP contribution in [0.5, 0.6) is 0 Å². The fourth-order valence-corrected chi connectivity index (χ4v) is 6.54. The van der Waals surface area contributed by atoms with Gasteiger partial charge in [-0.3, -0.25) is 0 Å². The van der Waals surface area contributed by atoms with Gasteiger partial charge in [-0.05, 0) is 56.1 Å². The van der Waals surface area contributed by atoms with Crippen LogP contribution < -0.4 is 0 Å². The molecule has 1 saturated carbocycles. The molecule has 2 fully saturated rings. The number of benzene rings is 1. The van der Waals surface area contributed by atoms with Crippen molar-refractivity contribution >= 4 is 21.6 Å². The average Bonchev–Trinajstić information content (AvgIpc) is 2.73. The van der Waals surface area contributed by atoms with Gasteiger partial charge in [0.2, 0.25) is 10.0 Å². The van der Waals surface area contributed by atoms with E-state index in [0.29, 0.717) is 28.9 Å². The highest BCUT2D eigenvalue weighted by molar-refractivity contribution is 7.89. The maximum Gasteiger partial charge on any atom is 0.243 e. The molecule has 128 valence electrons. The monoisotopic (exact) mass is 356 g/mol. The Morgan fingerprint density at radius 1 is 1.26 bits per heavy atom. The molecule has 4 nitrogen and oxygen atoms in total. The van der Waals surface area contributed by atoms with E-state index in [1.165, 1.54) is 0 Å². The Labute approximate surface area is 144 Å². The zero-order valence-corrected chi connectivity index (χ0v) is 15.8. The lowest BCUT2D eigenvalue weighted by Gasteiger charge is -2.57. The van der Waals surface area contributed by atoms with Gasteiger partial charge in [-0.1, -0.05) is 25.4 Å². The summed E-state index contributed by atoms with van der Waals surface area (Å²) in [7, 11) is 0.677. The maximum atomic E-state index is 13.0. The van der Waals surface area contributed by atoms with Gasteiger partial charge in [0.05, 0.1) is 4.90 Å². The number of nitrogens with zero attached hydrogens (tertiary/aromatic N) is 2. The van der Waals surface area contributed by atoms with Gasteiger partial charge in [0.25, 0.3) is 0 Å². The van der Waals surface area contributed by atoms with Crippen molar-refractivity contribution in [2.75, 3.05) is 33.7 Å². The molecular weight excluding hydrogens is 332 g/mol. The molecule has 1 saturated heterocycles. The largest absolute Gasteiger partial charge is 0.309 e. The number of hydrogen-bond acceptors (Lipinski definition) is 3. The van der Waals surface area contributed by atoms with Gasteiger partial charge < -0.3 is 4.90 Å². The lowest BCUT2D eigenvalue weighted by atomic mass is 9.48. The lowest BCUT2D eigenvalue weighted by Crippen LogP contribution is -2.57. The third-order valence-electron chi connectivity index (χ3n) is 5.45. The molecule has 2 atom stereocenters. The average molecular weight is 357 g/mol. The fraction of sp³-hybridized carbons (Fsp3) is 0.647. The topological polar surface area (TPSA) is 40.6 Å². The first-order valence-electron chi connectivity index (χ1n) is 7.97. The molecule has 0 aromatic heterocycles. The van der Waals surface area contributed by atoms with Gasteiger partial charge in [-0.25, -0.2) is 8.42 Å². The fourth-order valence-electron chi connectivity index (χ4n) is 4.86. The number of hydrogen-bond donors (Lipinski definition) is 0. The van der Waals surface area contributed by atoms with Crippen LogP contribution in [0.25, 0.3) is 0 Å². The van der Waals surface area contributed by atoms with Crippen LogP contribution in [0.2, 0.25) is 5.02 Å². The van der Waals surface area contributed by atoms with Crippen molar-refractivity contribution < 1.29 is 8.42 Å². The van der Waals surface area contributed by atoms with Crippen molar-refractivity contribution in [1.82, 2.24) is 9.21 Å². The Bertz CT molecular complexity index is 696. The van der Waals surface area contributed by atoms with Gasteiger partial charge >= 0.3 is 0 Å². The van der Waals surface area contributed by atoms with Gasteiger partial charge in [-0.2, -0.15) is 4.31 Å². The third-order valence-corrected chi connectivity index (χ3v) is 7.53. The second-order valence-corrected chi connectivity index (χ2v) is 10.4. The lowest BCUT2D eigenvalue weighted by molar-refractivity contribution is -0.0789. The second-order valence-electron chi connectivity index (χ2n) is 8.07. The molecule has 1 aromatic carbocycles. The number of halogens is 1. The molecule has 0 unspecified atom stereocenters. The van der Waals surface area contributed by atoms with E-state index in [0.717, 1.165) is 13.0 Å². The van der Waals surface area contributed by atoms with E-state index in [1.807, 2.05) is 0 Å². The predicted molar refractivity (Wildman–Crippen MR) is 93.1 cm³/mol. The van der Waals surface area contributed by atoms with Crippen molar-refractivity contribution in [1.29, 1.82) is 0 Å². The van der Waals surface area contributed by atoms with E-state index in [-0.39, 0.29) is 10.8 Å². The molecule has 1 aliphatic carbocycles. The van der Waals surface area contributed by atoms with Crippen molar-refractivity contribution in [3.63, 3.8) is 0 Å². The van der Waals surface area contributed by atoms with E-state index < -0.39 is 10.0 Å². The standard InChI is InChI=1S/C17H25ClN2O2S/c1-16(2)10-17(11-19(3)4)12-20(9-15(16)17)23(21,22)14-7-5-13(18)6-8-14/h5-8,15H,9-12H2,1-4H3/t15-,17+/m1/s1. The molecule has 3 rings (SSSR count). The van der Waals surface area contributed by atoms with Crippen LogP contribution in [0, 0.1) is 16.7 Å². The Hall–Kier alpha value is -0.620. The Balaban J connectivity index is 1.89. The Kier molecular flexibility index (Phi) is 4.08. The zero-order valence-electron chi connectivity index (χ0n) is 14.2. The molecule has 23 heavy (non-hydrogen) atoms. The van der Waals surface area contributed by atoms with Crippen LogP contribution >= 0.6 is 11.6 Å². The number of rotatable bonds is 4. The summed E-state index contributed by atoms with van der Waals surface area (Å²) in [6, 6.07) is 6.47. The predicted octanol–water partition coefficient (Wildman–Crippen LogP) is 2.94. The summed E-state index contributed by atoms with van der Waals surface area (Å²) in [6.45, 7) is 6.68.